The van der Waals surface area contributed by atoms with E-state index >= 15 is 0 Å². The van der Waals surface area contributed by atoms with E-state index in [4.69, 9.17) is 0 Å². The molecule has 2 aliphatic heterocycles. The van der Waals surface area contributed by atoms with Crippen molar-refractivity contribution in [2.75, 3.05) is 19.6 Å². The lowest BCUT2D eigenvalue weighted by Crippen LogP contribution is -2.30. The van der Waals surface area contributed by atoms with Crippen molar-refractivity contribution in [2.24, 2.45) is 0 Å². The van der Waals surface area contributed by atoms with E-state index in [-0.39, 0.29) is 11.9 Å². The number of hydrogen-bond acceptors (Lipinski definition) is 4. The van der Waals surface area contributed by atoms with Crippen molar-refractivity contribution in [3.63, 3.8) is 0 Å². The molecular formula is C20H25N3OS. The fourth-order valence-electron chi connectivity index (χ4n) is 3.96. The maximum Gasteiger partial charge on any atom is 0.254 e. The highest BCUT2D eigenvalue weighted by Crippen LogP contribution is 2.34. The predicted octanol–water partition coefficient (Wildman–Crippen LogP) is 4.11. The van der Waals surface area contributed by atoms with Gasteiger partial charge in [-0.05, 0) is 56.5 Å². The van der Waals surface area contributed by atoms with Crippen molar-refractivity contribution >= 4 is 17.2 Å². The number of carbonyl (C=O) groups is 1. The zero-order valence-electron chi connectivity index (χ0n) is 14.6. The van der Waals surface area contributed by atoms with Crippen LogP contribution in [-0.2, 0) is 6.54 Å². The van der Waals surface area contributed by atoms with Crippen molar-refractivity contribution in [3.05, 3.63) is 52.0 Å². The van der Waals surface area contributed by atoms with Crippen LogP contribution < -0.4 is 0 Å². The minimum atomic E-state index is 0.141. The standard InChI is InChI=1S/C20H25N3OS/c24-20(23-13-4-5-18(23)19-21-10-14-25-19)17-8-6-16(7-9-17)15-22-11-2-1-3-12-22/h6-10,14,18H,1-5,11-13,15H2. The van der Waals surface area contributed by atoms with Crippen LogP contribution in [0.15, 0.2) is 35.8 Å². The normalized spacial score (nSPS) is 21.6. The third kappa shape index (κ3) is 3.77. The summed E-state index contributed by atoms with van der Waals surface area (Å²) >= 11 is 1.65. The Kier molecular flexibility index (Phi) is 5.13. The first kappa shape index (κ1) is 16.7. The molecule has 1 aromatic carbocycles. The Balaban J connectivity index is 1.43. The minimum absolute atomic E-state index is 0.141. The van der Waals surface area contributed by atoms with Crippen molar-refractivity contribution in [3.8, 4) is 0 Å². The second-order valence-corrected chi connectivity index (χ2v) is 7.99. The molecule has 2 fully saturated rings. The highest BCUT2D eigenvalue weighted by Gasteiger charge is 2.32. The van der Waals surface area contributed by atoms with E-state index in [1.54, 1.807) is 11.3 Å². The van der Waals surface area contributed by atoms with E-state index in [2.05, 4.69) is 22.0 Å². The summed E-state index contributed by atoms with van der Waals surface area (Å²) in [7, 11) is 0. The summed E-state index contributed by atoms with van der Waals surface area (Å²) in [4.78, 5) is 21.9. The SMILES string of the molecule is O=C(c1ccc(CN2CCCCC2)cc1)N1CCCC1c1nccs1. The number of carbonyl (C=O) groups excluding carboxylic acids is 1. The van der Waals surface area contributed by atoms with Crippen molar-refractivity contribution < 1.29 is 4.79 Å². The second-order valence-electron chi connectivity index (χ2n) is 7.06. The minimum Gasteiger partial charge on any atom is -0.329 e. The summed E-state index contributed by atoms with van der Waals surface area (Å²) in [6.45, 7) is 4.23. The van der Waals surface area contributed by atoms with Crippen LogP contribution in [0.5, 0.6) is 0 Å². The summed E-state index contributed by atoms with van der Waals surface area (Å²) in [5.74, 6) is 0.141. The van der Waals surface area contributed by atoms with Gasteiger partial charge in [0.15, 0.2) is 0 Å². The molecule has 0 N–H and O–H groups in total. The van der Waals surface area contributed by atoms with Gasteiger partial charge in [0.2, 0.25) is 0 Å². The number of aromatic nitrogens is 1. The van der Waals surface area contributed by atoms with Crippen LogP contribution in [0.4, 0.5) is 0 Å². The molecule has 1 unspecified atom stereocenters. The van der Waals surface area contributed by atoms with E-state index in [1.807, 2.05) is 28.6 Å². The second kappa shape index (κ2) is 7.67. The Morgan fingerprint density at radius 1 is 1.08 bits per heavy atom. The molecule has 5 heteroatoms. The van der Waals surface area contributed by atoms with Gasteiger partial charge in [-0.15, -0.1) is 11.3 Å². The molecule has 0 radical (unpaired) electrons. The van der Waals surface area contributed by atoms with Crippen LogP contribution in [0.2, 0.25) is 0 Å². The summed E-state index contributed by atoms with van der Waals surface area (Å²) in [5.41, 5.74) is 2.10. The molecule has 2 aliphatic rings. The van der Waals surface area contributed by atoms with Crippen LogP contribution >= 0.6 is 11.3 Å². The predicted molar refractivity (Wildman–Crippen MR) is 101 cm³/mol. The molecule has 0 aliphatic carbocycles. The maximum absolute atomic E-state index is 12.9. The number of nitrogens with zero attached hydrogens (tertiary/aromatic N) is 3. The van der Waals surface area contributed by atoms with Gasteiger partial charge in [-0.3, -0.25) is 9.69 Å². The summed E-state index contributed by atoms with van der Waals surface area (Å²) in [6, 6.07) is 8.39. The van der Waals surface area contributed by atoms with Crippen molar-refractivity contribution in [1.82, 2.24) is 14.8 Å². The summed E-state index contributed by atoms with van der Waals surface area (Å²) in [5, 5.41) is 3.05. The third-order valence-electron chi connectivity index (χ3n) is 5.31. The first-order valence-electron chi connectivity index (χ1n) is 9.33. The van der Waals surface area contributed by atoms with Gasteiger partial charge in [0.25, 0.3) is 5.91 Å². The van der Waals surface area contributed by atoms with Gasteiger partial charge < -0.3 is 4.90 Å². The Morgan fingerprint density at radius 3 is 2.60 bits per heavy atom. The highest BCUT2D eigenvalue weighted by atomic mass is 32.1. The van der Waals surface area contributed by atoms with E-state index in [0.717, 1.165) is 36.5 Å². The zero-order chi connectivity index (χ0) is 17.1. The lowest BCUT2D eigenvalue weighted by molar-refractivity contribution is 0.0735. The highest BCUT2D eigenvalue weighted by molar-refractivity contribution is 7.09. The van der Waals surface area contributed by atoms with Crippen LogP contribution in [0.1, 0.15) is 59.1 Å². The molecule has 0 bridgehead atoms. The molecule has 132 valence electrons. The summed E-state index contributed by atoms with van der Waals surface area (Å²) in [6.07, 6.45) is 7.89. The molecule has 1 atom stereocenters. The van der Waals surface area contributed by atoms with Crippen molar-refractivity contribution in [1.29, 1.82) is 0 Å². The number of piperidine rings is 1. The number of amides is 1. The Hall–Kier alpha value is -1.72. The van der Waals surface area contributed by atoms with Crippen LogP contribution in [0.3, 0.4) is 0 Å². The first-order valence-corrected chi connectivity index (χ1v) is 10.2. The summed E-state index contributed by atoms with van der Waals surface area (Å²) < 4.78 is 0. The van der Waals surface area contributed by atoms with Gasteiger partial charge >= 0.3 is 0 Å². The molecule has 2 saturated heterocycles. The van der Waals surface area contributed by atoms with Crippen molar-refractivity contribution in [2.45, 2.75) is 44.7 Å². The topological polar surface area (TPSA) is 36.4 Å². The van der Waals surface area contributed by atoms with Gasteiger partial charge in [-0.25, -0.2) is 4.98 Å². The largest absolute Gasteiger partial charge is 0.329 e. The Labute approximate surface area is 153 Å². The average molecular weight is 356 g/mol. The monoisotopic (exact) mass is 355 g/mol. The molecule has 4 nitrogen and oxygen atoms in total. The third-order valence-corrected chi connectivity index (χ3v) is 6.18. The van der Waals surface area contributed by atoms with Gasteiger partial charge in [0.1, 0.15) is 5.01 Å². The molecule has 0 spiro atoms. The van der Waals surface area contributed by atoms with E-state index in [0.29, 0.717) is 0 Å². The van der Waals surface area contributed by atoms with Gasteiger partial charge in [-0.1, -0.05) is 18.6 Å². The van der Waals surface area contributed by atoms with Gasteiger partial charge in [0.05, 0.1) is 6.04 Å². The molecule has 0 saturated carbocycles. The molecular weight excluding hydrogens is 330 g/mol. The molecule has 1 amide bonds. The van der Waals surface area contributed by atoms with Gasteiger partial charge in [-0.2, -0.15) is 0 Å². The lowest BCUT2D eigenvalue weighted by atomic mass is 10.1. The fourth-order valence-corrected chi connectivity index (χ4v) is 4.74. The first-order chi connectivity index (χ1) is 12.3. The molecule has 1 aromatic heterocycles. The molecule has 3 heterocycles. The quantitative estimate of drug-likeness (QED) is 0.828. The molecule has 4 rings (SSSR count). The average Bonchev–Trinajstić information content (AvgIpc) is 3.34. The van der Waals surface area contributed by atoms with Crippen LogP contribution in [0, 0.1) is 0 Å². The fraction of sp³-hybridized carbons (Fsp3) is 0.500. The van der Waals surface area contributed by atoms with E-state index < -0.39 is 0 Å². The zero-order valence-corrected chi connectivity index (χ0v) is 15.4. The molecule has 2 aromatic rings. The Morgan fingerprint density at radius 2 is 1.88 bits per heavy atom. The maximum atomic E-state index is 12.9. The van der Waals surface area contributed by atoms with Crippen LogP contribution in [-0.4, -0.2) is 40.3 Å². The van der Waals surface area contributed by atoms with Gasteiger partial charge in [0, 0.05) is 30.2 Å². The Bertz CT molecular complexity index is 692. The number of benzene rings is 1. The van der Waals surface area contributed by atoms with Crippen LogP contribution in [0.25, 0.3) is 0 Å². The number of likely N-dealkylation sites (tertiary alicyclic amines) is 2. The smallest absolute Gasteiger partial charge is 0.254 e. The molecule has 25 heavy (non-hydrogen) atoms. The number of hydrogen-bond donors (Lipinski definition) is 0. The lowest BCUT2D eigenvalue weighted by Gasteiger charge is -2.26. The number of rotatable bonds is 4. The number of thiazole rings is 1. The van der Waals surface area contributed by atoms with E-state index in [9.17, 15) is 4.79 Å². The van der Waals surface area contributed by atoms with E-state index in [1.165, 1.54) is 37.9 Å².